The molecule has 3 aliphatic carbocycles. The van der Waals surface area contributed by atoms with Gasteiger partial charge in [-0.25, -0.2) is 0 Å². The van der Waals surface area contributed by atoms with Crippen LogP contribution < -0.4 is 0 Å². The predicted molar refractivity (Wildman–Crippen MR) is 306 cm³/mol. The van der Waals surface area contributed by atoms with E-state index in [1.807, 2.05) is 13.0 Å². The van der Waals surface area contributed by atoms with E-state index in [1.54, 1.807) is 23.9 Å². The Hall–Kier alpha value is -3.14. The van der Waals surface area contributed by atoms with Crippen molar-refractivity contribution in [2.24, 2.45) is 0 Å². The van der Waals surface area contributed by atoms with Gasteiger partial charge in [0.1, 0.15) is 0 Å². The fraction of sp³-hybridized carbons (Fsp3) is 0.356. The highest BCUT2D eigenvalue weighted by Crippen LogP contribution is 2.57. The number of carbonyl (C=O) groups excluding carboxylic acids is 4. The Bertz CT molecular complexity index is 3110. The summed E-state index contributed by atoms with van der Waals surface area (Å²) in [5.74, 6) is -1.93. The number of allylic oxidation sites excluding steroid dienone is 4. The van der Waals surface area contributed by atoms with Crippen LogP contribution in [0.5, 0.6) is 0 Å². The minimum absolute atomic E-state index is 0.0190. The maximum Gasteiger partial charge on any atom is 0.199 e. The first-order valence-corrected chi connectivity index (χ1v) is 29.4. The largest absolute Gasteiger partial charge is 0.288 e. The number of carbonyl (C=O) groups is 4. The molecule has 4 aromatic carbocycles. The van der Waals surface area contributed by atoms with Crippen molar-refractivity contribution in [2.45, 2.75) is 134 Å². The second kappa shape index (κ2) is 22.6. The topological polar surface area (TPSA) is 68.3 Å². The van der Waals surface area contributed by atoms with Gasteiger partial charge in [0.15, 0.2) is 23.1 Å². The predicted octanol–water partition coefficient (Wildman–Crippen LogP) is 20.8. The molecule has 72 heavy (non-hydrogen) atoms. The molecule has 1 aromatic heterocycles. The molecule has 4 nitrogen and oxygen atoms in total. The zero-order valence-electron chi connectivity index (χ0n) is 40.3. The summed E-state index contributed by atoms with van der Waals surface area (Å²) in [5, 5.41) is 0.286. The first kappa shape index (κ1) is 53.7. The maximum absolute atomic E-state index is 13.9. The van der Waals surface area contributed by atoms with Crippen LogP contribution in [0.3, 0.4) is 0 Å². The highest BCUT2D eigenvalue weighted by Gasteiger charge is 2.44. The molecule has 5 aromatic rings. The van der Waals surface area contributed by atoms with Crippen molar-refractivity contribution in [3.8, 4) is 21.6 Å². The SMILES string of the molecule is CCCCCCCCC1(CCCCCCCC)c2cc(-c3ccc(C=C4C(=O)c5c(Cl)c(Cl)c(Cl)c(Cl)c5C4=O)s3)ccc2-c2ccc(C3CC=C(C=C4C(=O)c5c(Cl)c(Cl)c(CC)c(Cl)c5C4=O)S3)cc21. The van der Waals surface area contributed by atoms with Crippen LogP contribution in [0.25, 0.3) is 27.6 Å². The number of unbranched alkanes of at least 4 members (excludes halogenated alkanes) is 10. The van der Waals surface area contributed by atoms with Gasteiger partial charge in [0, 0.05) is 25.3 Å². The van der Waals surface area contributed by atoms with Crippen LogP contribution in [0.2, 0.25) is 35.2 Å². The minimum atomic E-state index is -0.531. The number of Topliss-reactive ketones (excluding diaryl/α,β-unsaturated/α-hetero) is 4. The molecule has 0 bridgehead atoms. The smallest absolute Gasteiger partial charge is 0.199 e. The van der Waals surface area contributed by atoms with E-state index in [0.717, 1.165) is 52.3 Å². The lowest BCUT2D eigenvalue weighted by Crippen LogP contribution is -2.26. The molecule has 1 atom stereocenters. The van der Waals surface area contributed by atoms with Crippen LogP contribution in [0.4, 0.5) is 0 Å². The summed E-state index contributed by atoms with van der Waals surface area (Å²) < 4.78 is 0. The van der Waals surface area contributed by atoms with E-state index in [2.05, 4.69) is 62.4 Å². The van der Waals surface area contributed by atoms with Gasteiger partial charge in [-0.1, -0.05) is 215 Å². The number of hydrogen-bond acceptors (Lipinski definition) is 6. The van der Waals surface area contributed by atoms with E-state index >= 15 is 0 Å². The lowest BCUT2D eigenvalue weighted by Gasteiger charge is -2.33. The third-order valence-electron chi connectivity index (χ3n) is 14.9. The van der Waals surface area contributed by atoms with Gasteiger partial charge in [-0.3, -0.25) is 19.2 Å². The lowest BCUT2D eigenvalue weighted by molar-refractivity contribution is 0.0974. The van der Waals surface area contributed by atoms with Crippen LogP contribution in [0.15, 0.2) is 76.7 Å². The molecule has 1 aliphatic heterocycles. The van der Waals surface area contributed by atoms with E-state index < -0.39 is 23.1 Å². The Labute approximate surface area is 465 Å². The van der Waals surface area contributed by atoms with E-state index in [9.17, 15) is 19.2 Å². The van der Waals surface area contributed by atoms with Crippen LogP contribution in [0, 0.1) is 0 Å². The summed E-state index contributed by atoms with van der Waals surface area (Å²) in [6.07, 6.45) is 23.1. The lowest BCUT2D eigenvalue weighted by atomic mass is 9.70. The quantitative estimate of drug-likeness (QED) is 0.0271. The molecule has 13 heteroatoms. The zero-order valence-corrected chi connectivity index (χ0v) is 47.3. The third kappa shape index (κ3) is 9.71. The monoisotopic (exact) mass is 1130 g/mol. The van der Waals surface area contributed by atoms with Crippen molar-refractivity contribution in [3.05, 3.63) is 161 Å². The average molecular weight is 1140 g/mol. The van der Waals surface area contributed by atoms with Crippen molar-refractivity contribution < 1.29 is 19.2 Å². The Morgan fingerprint density at radius 2 is 1.04 bits per heavy atom. The Kier molecular flexibility index (Phi) is 16.8. The molecular weight excluding hydrogens is 1080 g/mol. The molecule has 4 aliphatic rings. The molecule has 0 spiro atoms. The fourth-order valence-corrected chi connectivity index (χ4v) is 15.3. The molecule has 1 unspecified atom stereocenters. The Balaban J connectivity index is 1.05. The van der Waals surface area contributed by atoms with Gasteiger partial charge in [-0.15, -0.1) is 23.1 Å². The third-order valence-corrected chi connectivity index (χ3v) is 20.4. The van der Waals surface area contributed by atoms with Crippen molar-refractivity contribution in [3.63, 3.8) is 0 Å². The molecule has 0 N–H and O–H groups in total. The van der Waals surface area contributed by atoms with E-state index in [1.165, 1.54) is 103 Å². The van der Waals surface area contributed by atoms with Gasteiger partial charge < -0.3 is 0 Å². The van der Waals surface area contributed by atoms with Gasteiger partial charge in [0.2, 0.25) is 0 Å². The first-order valence-electron chi connectivity index (χ1n) is 25.1. The fourth-order valence-electron chi connectivity index (χ4n) is 11.1. The number of hydrogen-bond donors (Lipinski definition) is 0. The van der Waals surface area contributed by atoms with Crippen LogP contribution >= 0.6 is 104 Å². The summed E-state index contributed by atoms with van der Waals surface area (Å²) in [4.78, 5) is 57.7. The highest BCUT2D eigenvalue weighted by molar-refractivity contribution is 8.03. The highest BCUT2D eigenvalue weighted by atomic mass is 35.5. The standard InChI is InChI=1S/C59H53Cl7O4S2/c1-4-7-9-11-13-15-25-59(26-16-14-12-10-8-5-2)40-27-31(42-23-19-33(71-42)29-38-55(67)44-45(56(38)68)50(62)49(61)35(6-3)48(44)60)17-21-36(40)37-22-18-32(28-41(37)59)43-24-20-34(72-43)30-39-57(69)46-47(58(39)70)52(64)54(66)53(65)51(46)63/h17-22,24,27-30,42H,4-16,23,25-26H2,1-3H3. The summed E-state index contributed by atoms with van der Waals surface area (Å²) >= 11 is 48.6. The molecule has 0 amide bonds. The Morgan fingerprint density at radius 1 is 0.542 bits per heavy atom. The zero-order chi connectivity index (χ0) is 51.2. The van der Waals surface area contributed by atoms with Gasteiger partial charge >= 0.3 is 0 Å². The number of halogens is 7. The number of fused-ring (bicyclic) bond motifs is 5. The van der Waals surface area contributed by atoms with Crippen molar-refractivity contribution >= 4 is 134 Å². The molecule has 9 rings (SSSR count). The second-order valence-corrected chi connectivity index (χ2v) is 24.3. The van der Waals surface area contributed by atoms with Gasteiger partial charge in [0.25, 0.3) is 0 Å². The van der Waals surface area contributed by atoms with Crippen molar-refractivity contribution in [2.75, 3.05) is 0 Å². The number of rotatable bonds is 19. The van der Waals surface area contributed by atoms with E-state index in [0.29, 0.717) is 12.0 Å². The molecule has 2 heterocycles. The number of thiophene rings is 1. The van der Waals surface area contributed by atoms with Gasteiger partial charge in [0.05, 0.1) is 68.6 Å². The number of ketones is 4. The Morgan fingerprint density at radius 3 is 1.61 bits per heavy atom. The van der Waals surface area contributed by atoms with Crippen molar-refractivity contribution in [1.29, 1.82) is 0 Å². The molecular formula is C59H53Cl7O4S2. The summed E-state index contributed by atoms with van der Waals surface area (Å²) in [6, 6.07) is 17.9. The number of thioether (sulfide) groups is 1. The maximum atomic E-state index is 13.9. The minimum Gasteiger partial charge on any atom is -0.288 e. The normalized spacial score (nSPS) is 17.1. The van der Waals surface area contributed by atoms with Crippen LogP contribution in [-0.4, -0.2) is 23.1 Å². The molecule has 0 saturated heterocycles. The number of benzene rings is 4. The van der Waals surface area contributed by atoms with Crippen molar-refractivity contribution in [1.82, 2.24) is 0 Å². The van der Waals surface area contributed by atoms with E-state index in [-0.39, 0.29) is 79.2 Å². The van der Waals surface area contributed by atoms with Gasteiger partial charge in [-0.2, -0.15) is 0 Å². The van der Waals surface area contributed by atoms with Crippen LogP contribution in [0.1, 0.15) is 191 Å². The van der Waals surface area contributed by atoms with Gasteiger partial charge in [-0.05, 0) is 95.0 Å². The second-order valence-electron chi connectivity index (χ2n) is 19.3. The first-order chi connectivity index (χ1) is 34.7. The summed E-state index contributed by atoms with van der Waals surface area (Å²) in [5.41, 5.74) is 8.08. The summed E-state index contributed by atoms with van der Waals surface area (Å²) in [6.45, 7) is 6.39. The van der Waals surface area contributed by atoms with Crippen LogP contribution in [-0.2, 0) is 11.8 Å². The molecule has 0 saturated carbocycles. The molecule has 374 valence electrons. The summed E-state index contributed by atoms with van der Waals surface area (Å²) in [7, 11) is 0. The van der Waals surface area contributed by atoms with E-state index in [4.69, 9.17) is 81.2 Å². The molecule has 0 fully saturated rings. The average Bonchev–Trinajstić information content (AvgIpc) is 4.20. The molecule has 0 radical (unpaired) electrons.